The van der Waals surface area contributed by atoms with Crippen LogP contribution in [0.2, 0.25) is 0 Å². The standard InChI is InChI=1S/C7H7BrN4/c8-6-1-4-12(11-6)5-7-9-2-3-10-7/h1-4H,5H2,(H,9,10). The van der Waals surface area contributed by atoms with Crippen LogP contribution in [0.1, 0.15) is 5.82 Å². The molecular formula is C7H7BrN4. The second kappa shape index (κ2) is 3.10. The molecule has 62 valence electrons. The molecule has 0 spiro atoms. The Morgan fingerprint density at radius 3 is 3.08 bits per heavy atom. The number of hydrogen-bond donors (Lipinski definition) is 1. The van der Waals surface area contributed by atoms with Gasteiger partial charge in [-0.25, -0.2) is 4.98 Å². The number of nitrogens with one attached hydrogen (secondary N) is 1. The Hall–Kier alpha value is -1.10. The zero-order valence-electron chi connectivity index (χ0n) is 6.24. The molecule has 0 saturated heterocycles. The van der Waals surface area contributed by atoms with E-state index in [2.05, 4.69) is 31.0 Å². The minimum Gasteiger partial charge on any atom is -0.347 e. The number of aromatic amines is 1. The highest BCUT2D eigenvalue weighted by atomic mass is 79.9. The molecule has 4 nitrogen and oxygen atoms in total. The first kappa shape index (κ1) is 7.54. The summed E-state index contributed by atoms with van der Waals surface area (Å²) in [6, 6.07) is 1.89. The number of nitrogens with zero attached hydrogens (tertiary/aromatic N) is 3. The fraction of sp³-hybridized carbons (Fsp3) is 0.143. The van der Waals surface area contributed by atoms with Crippen molar-refractivity contribution in [3.8, 4) is 0 Å². The van der Waals surface area contributed by atoms with Crippen LogP contribution in [0.15, 0.2) is 29.3 Å². The molecule has 2 heterocycles. The van der Waals surface area contributed by atoms with Crippen molar-refractivity contribution in [3.05, 3.63) is 35.1 Å². The molecule has 0 saturated carbocycles. The van der Waals surface area contributed by atoms with Crippen molar-refractivity contribution in [1.29, 1.82) is 0 Å². The lowest BCUT2D eigenvalue weighted by Crippen LogP contribution is -2.01. The third-order valence-corrected chi connectivity index (χ3v) is 1.90. The molecule has 0 radical (unpaired) electrons. The second-order valence-electron chi connectivity index (χ2n) is 2.37. The Morgan fingerprint density at radius 2 is 2.50 bits per heavy atom. The number of imidazole rings is 1. The zero-order valence-corrected chi connectivity index (χ0v) is 7.82. The lowest BCUT2D eigenvalue weighted by Gasteiger charge is -1.95. The van der Waals surface area contributed by atoms with E-state index in [0.717, 1.165) is 10.4 Å². The molecule has 0 bridgehead atoms. The average molecular weight is 227 g/mol. The topological polar surface area (TPSA) is 46.5 Å². The average Bonchev–Trinajstić information content (AvgIpc) is 2.63. The van der Waals surface area contributed by atoms with Gasteiger partial charge in [0.1, 0.15) is 10.4 Å². The molecule has 0 aliphatic rings. The van der Waals surface area contributed by atoms with Crippen molar-refractivity contribution >= 4 is 15.9 Å². The van der Waals surface area contributed by atoms with E-state index in [9.17, 15) is 0 Å². The van der Waals surface area contributed by atoms with Crippen LogP contribution in [0.5, 0.6) is 0 Å². The van der Waals surface area contributed by atoms with Gasteiger partial charge in [0.2, 0.25) is 0 Å². The first-order valence-corrected chi connectivity index (χ1v) is 4.31. The van der Waals surface area contributed by atoms with Crippen molar-refractivity contribution in [1.82, 2.24) is 19.7 Å². The summed E-state index contributed by atoms with van der Waals surface area (Å²) < 4.78 is 2.65. The maximum absolute atomic E-state index is 4.16. The normalized spacial score (nSPS) is 10.4. The minimum absolute atomic E-state index is 0.679. The van der Waals surface area contributed by atoms with Gasteiger partial charge in [0, 0.05) is 18.6 Å². The quantitative estimate of drug-likeness (QED) is 0.843. The van der Waals surface area contributed by atoms with E-state index in [0.29, 0.717) is 6.54 Å². The summed E-state index contributed by atoms with van der Waals surface area (Å²) in [5.41, 5.74) is 0. The van der Waals surface area contributed by atoms with Gasteiger partial charge in [-0.2, -0.15) is 5.10 Å². The summed E-state index contributed by atoms with van der Waals surface area (Å²) in [5, 5.41) is 4.16. The predicted molar refractivity (Wildman–Crippen MR) is 47.6 cm³/mol. The van der Waals surface area contributed by atoms with E-state index in [1.54, 1.807) is 12.4 Å². The van der Waals surface area contributed by atoms with Crippen LogP contribution in [-0.4, -0.2) is 19.7 Å². The van der Waals surface area contributed by atoms with E-state index in [1.807, 2.05) is 16.9 Å². The predicted octanol–water partition coefficient (Wildman–Crippen LogP) is 1.42. The van der Waals surface area contributed by atoms with Crippen LogP contribution in [-0.2, 0) is 6.54 Å². The van der Waals surface area contributed by atoms with Crippen molar-refractivity contribution < 1.29 is 0 Å². The monoisotopic (exact) mass is 226 g/mol. The van der Waals surface area contributed by atoms with Crippen LogP contribution in [0.25, 0.3) is 0 Å². The first-order chi connectivity index (χ1) is 5.84. The van der Waals surface area contributed by atoms with Gasteiger partial charge in [-0.15, -0.1) is 0 Å². The van der Waals surface area contributed by atoms with Gasteiger partial charge in [0.05, 0.1) is 6.54 Å². The molecule has 0 amide bonds. The third kappa shape index (κ3) is 1.55. The molecule has 2 aromatic rings. The van der Waals surface area contributed by atoms with Crippen molar-refractivity contribution in [2.45, 2.75) is 6.54 Å². The first-order valence-electron chi connectivity index (χ1n) is 3.52. The van der Waals surface area contributed by atoms with E-state index >= 15 is 0 Å². The highest BCUT2D eigenvalue weighted by Crippen LogP contribution is 2.04. The van der Waals surface area contributed by atoms with Gasteiger partial charge in [0.15, 0.2) is 0 Å². The molecule has 0 aromatic carbocycles. The molecule has 0 unspecified atom stereocenters. The molecule has 1 N–H and O–H groups in total. The van der Waals surface area contributed by atoms with E-state index in [1.165, 1.54) is 0 Å². The highest BCUT2D eigenvalue weighted by molar-refractivity contribution is 9.10. The Balaban J connectivity index is 2.14. The number of hydrogen-bond acceptors (Lipinski definition) is 2. The molecule has 12 heavy (non-hydrogen) atoms. The Morgan fingerprint density at radius 1 is 1.58 bits per heavy atom. The molecule has 5 heteroatoms. The molecular weight excluding hydrogens is 220 g/mol. The van der Waals surface area contributed by atoms with Gasteiger partial charge < -0.3 is 4.98 Å². The van der Waals surface area contributed by atoms with Crippen molar-refractivity contribution in [2.75, 3.05) is 0 Å². The fourth-order valence-corrected chi connectivity index (χ4v) is 1.28. The molecule has 0 aliphatic carbocycles. The lowest BCUT2D eigenvalue weighted by atomic mass is 10.6. The third-order valence-electron chi connectivity index (χ3n) is 1.47. The van der Waals surface area contributed by atoms with Gasteiger partial charge >= 0.3 is 0 Å². The summed E-state index contributed by atoms with van der Waals surface area (Å²) in [7, 11) is 0. The Kier molecular flexibility index (Phi) is 1.95. The van der Waals surface area contributed by atoms with Crippen LogP contribution < -0.4 is 0 Å². The SMILES string of the molecule is Brc1ccn(Cc2ncc[nH]2)n1. The molecule has 0 aliphatic heterocycles. The summed E-state index contributed by atoms with van der Waals surface area (Å²) in [5.74, 6) is 0.908. The van der Waals surface area contributed by atoms with Crippen LogP contribution in [0.3, 0.4) is 0 Å². The number of aromatic nitrogens is 4. The lowest BCUT2D eigenvalue weighted by molar-refractivity contribution is 0.657. The van der Waals surface area contributed by atoms with Crippen molar-refractivity contribution in [3.63, 3.8) is 0 Å². The zero-order chi connectivity index (χ0) is 8.39. The summed E-state index contributed by atoms with van der Waals surface area (Å²) in [6.45, 7) is 0.679. The number of halogens is 1. The van der Waals surface area contributed by atoms with Gasteiger partial charge in [-0.1, -0.05) is 0 Å². The van der Waals surface area contributed by atoms with Crippen LogP contribution >= 0.6 is 15.9 Å². The minimum atomic E-state index is 0.679. The maximum atomic E-state index is 4.16. The van der Waals surface area contributed by atoms with Crippen LogP contribution in [0, 0.1) is 0 Å². The van der Waals surface area contributed by atoms with E-state index in [-0.39, 0.29) is 0 Å². The van der Waals surface area contributed by atoms with Gasteiger partial charge in [0.25, 0.3) is 0 Å². The van der Waals surface area contributed by atoms with Gasteiger partial charge in [-0.05, 0) is 22.0 Å². The maximum Gasteiger partial charge on any atom is 0.128 e. The highest BCUT2D eigenvalue weighted by Gasteiger charge is 1.97. The van der Waals surface area contributed by atoms with Crippen molar-refractivity contribution in [2.24, 2.45) is 0 Å². The largest absolute Gasteiger partial charge is 0.347 e. The molecule has 0 atom stereocenters. The molecule has 2 aromatic heterocycles. The Bertz CT molecular complexity index is 351. The molecule has 2 rings (SSSR count). The number of H-pyrrole nitrogens is 1. The van der Waals surface area contributed by atoms with E-state index < -0.39 is 0 Å². The molecule has 0 fully saturated rings. The number of rotatable bonds is 2. The van der Waals surface area contributed by atoms with Crippen LogP contribution in [0.4, 0.5) is 0 Å². The smallest absolute Gasteiger partial charge is 0.128 e. The summed E-state index contributed by atoms with van der Waals surface area (Å²) in [4.78, 5) is 7.10. The summed E-state index contributed by atoms with van der Waals surface area (Å²) >= 11 is 3.27. The fourth-order valence-electron chi connectivity index (χ4n) is 0.963. The van der Waals surface area contributed by atoms with E-state index in [4.69, 9.17) is 0 Å². The Labute approximate surface area is 77.8 Å². The summed E-state index contributed by atoms with van der Waals surface area (Å²) in [6.07, 6.45) is 5.42. The van der Waals surface area contributed by atoms with Gasteiger partial charge in [-0.3, -0.25) is 4.68 Å². The second-order valence-corrected chi connectivity index (χ2v) is 3.18.